The summed E-state index contributed by atoms with van der Waals surface area (Å²) in [7, 11) is 1.43. The van der Waals surface area contributed by atoms with Crippen LogP contribution in [0.3, 0.4) is 0 Å². The lowest BCUT2D eigenvalue weighted by molar-refractivity contribution is -0.0217. The fraction of sp³-hybridized carbons (Fsp3) is 0.522. The van der Waals surface area contributed by atoms with Crippen LogP contribution in [0.1, 0.15) is 57.3 Å². The van der Waals surface area contributed by atoms with Crippen molar-refractivity contribution in [1.82, 2.24) is 0 Å². The Bertz CT molecular complexity index is 747. The van der Waals surface area contributed by atoms with Crippen LogP contribution < -0.4 is 4.74 Å². The number of ether oxygens (including phenoxy) is 2. The first kappa shape index (κ1) is 22.0. The van der Waals surface area contributed by atoms with Crippen molar-refractivity contribution < 1.29 is 24.5 Å². The molecule has 0 bridgehead atoms. The van der Waals surface area contributed by atoms with Crippen LogP contribution in [0, 0.1) is 11.8 Å². The smallest absolute Gasteiger partial charge is 0.338 e. The van der Waals surface area contributed by atoms with E-state index in [2.05, 4.69) is 6.08 Å². The van der Waals surface area contributed by atoms with Gasteiger partial charge in [0.05, 0.1) is 18.8 Å². The van der Waals surface area contributed by atoms with Crippen LogP contribution in [-0.4, -0.2) is 35.5 Å². The number of phenols is 1. The van der Waals surface area contributed by atoms with E-state index in [4.69, 9.17) is 9.47 Å². The standard InChI is InChI=1S/C23H32O5/c1-14(2)22-19(25)11-15(3)7-6-8-16(4)12-21(22)28-23(26)17-9-10-18(24)20(13-17)27-5/h8-11,13-14,19,21-22,24-25H,6-7,12H2,1-5H3/b15-11+,16-8+/t19-,21+,22?/m1/s1. The van der Waals surface area contributed by atoms with Crippen LogP contribution in [0.25, 0.3) is 0 Å². The van der Waals surface area contributed by atoms with Crippen molar-refractivity contribution in [2.75, 3.05) is 7.11 Å². The van der Waals surface area contributed by atoms with E-state index in [1.807, 2.05) is 33.8 Å². The Morgan fingerprint density at radius 1 is 1.21 bits per heavy atom. The highest BCUT2D eigenvalue weighted by Gasteiger charge is 2.33. The van der Waals surface area contributed by atoms with E-state index in [0.717, 1.165) is 24.0 Å². The van der Waals surface area contributed by atoms with Crippen LogP contribution in [-0.2, 0) is 4.74 Å². The van der Waals surface area contributed by atoms with E-state index in [0.29, 0.717) is 12.0 Å². The van der Waals surface area contributed by atoms with Gasteiger partial charge in [0.1, 0.15) is 6.10 Å². The van der Waals surface area contributed by atoms with E-state index >= 15 is 0 Å². The molecule has 154 valence electrons. The summed E-state index contributed by atoms with van der Waals surface area (Å²) in [5.41, 5.74) is 2.59. The van der Waals surface area contributed by atoms with Gasteiger partial charge in [0, 0.05) is 12.3 Å². The topological polar surface area (TPSA) is 76.0 Å². The third-order valence-electron chi connectivity index (χ3n) is 5.28. The number of methoxy groups -OCH3 is 1. The van der Waals surface area contributed by atoms with Crippen molar-refractivity contribution in [3.8, 4) is 11.5 Å². The fourth-order valence-electron chi connectivity index (χ4n) is 3.74. The van der Waals surface area contributed by atoms with Gasteiger partial charge in [-0.1, -0.05) is 37.1 Å². The summed E-state index contributed by atoms with van der Waals surface area (Å²) >= 11 is 0. The van der Waals surface area contributed by atoms with Crippen LogP contribution >= 0.6 is 0 Å². The second-order valence-electron chi connectivity index (χ2n) is 7.95. The normalized spacial score (nSPS) is 27.3. The number of esters is 1. The molecule has 5 nitrogen and oxygen atoms in total. The van der Waals surface area contributed by atoms with Crippen LogP contribution in [0.2, 0.25) is 0 Å². The molecule has 3 atom stereocenters. The Morgan fingerprint density at radius 3 is 2.57 bits per heavy atom. The third kappa shape index (κ3) is 5.61. The molecule has 0 heterocycles. The summed E-state index contributed by atoms with van der Waals surface area (Å²) in [5, 5.41) is 20.6. The second kappa shape index (κ2) is 9.78. The molecular formula is C23H32O5. The quantitative estimate of drug-likeness (QED) is 0.581. The van der Waals surface area contributed by atoms with Crippen LogP contribution in [0.5, 0.6) is 11.5 Å². The lowest BCUT2D eigenvalue weighted by atomic mass is 9.81. The predicted molar refractivity (Wildman–Crippen MR) is 110 cm³/mol. The number of aliphatic hydroxyl groups excluding tert-OH is 1. The molecule has 1 unspecified atom stereocenters. The number of aliphatic hydroxyl groups is 1. The summed E-state index contributed by atoms with van der Waals surface area (Å²) in [6.07, 6.45) is 5.33. The largest absolute Gasteiger partial charge is 0.504 e. The molecule has 1 aliphatic rings. The monoisotopic (exact) mass is 388 g/mol. The molecule has 1 aromatic carbocycles. The molecule has 2 rings (SSSR count). The molecular weight excluding hydrogens is 356 g/mol. The zero-order valence-electron chi connectivity index (χ0n) is 17.4. The number of rotatable bonds is 4. The maximum absolute atomic E-state index is 12.8. The van der Waals surface area contributed by atoms with Gasteiger partial charge in [-0.05, 0) is 50.8 Å². The van der Waals surface area contributed by atoms with E-state index in [1.54, 1.807) is 0 Å². The van der Waals surface area contributed by atoms with E-state index < -0.39 is 18.2 Å². The number of allylic oxidation sites excluding steroid dienone is 2. The zero-order valence-corrected chi connectivity index (χ0v) is 17.4. The van der Waals surface area contributed by atoms with Crippen molar-refractivity contribution in [2.24, 2.45) is 11.8 Å². The van der Waals surface area contributed by atoms with Crippen LogP contribution in [0.15, 0.2) is 41.5 Å². The highest BCUT2D eigenvalue weighted by atomic mass is 16.5. The maximum Gasteiger partial charge on any atom is 0.338 e. The summed E-state index contributed by atoms with van der Waals surface area (Å²) in [6.45, 7) is 8.13. The van der Waals surface area contributed by atoms with Crippen molar-refractivity contribution in [3.63, 3.8) is 0 Å². The van der Waals surface area contributed by atoms with Crippen molar-refractivity contribution >= 4 is 5.97 Å². The van der Waals surface area contributed by atoms with Crippen molar-refractivity contribution in [3.05, 3.63) is 47.1 Å². The molecule has 0 aliphatic heterocycles. The summed E-state index contributed by atoms with van der Waals surface area (Å²) in [6, 6.07) is 4.38. The third-order valence-corrected chi connectivity index (χ3v) is 5.28. The first-order valence-electron chi connectivity index (χ1n) is 9.82. The van der Waals surface area contributed by atoms with E-state index in [-0.39, 0.29) is 23.3 Å². The van der Waals surface area contributed by atoms with Gasteiger partial charge < -0.3 is 19.7 Å². The van der Waals surface area contributed by atoms with Gasteiger partial charge in [0.25, 0.3) is 0 Å². The van der Waals surface area contributed by atoms with E-state index in [9.17, 15) is 15.0 Å². The molecule has 0 saturated carbocycles. The number of carbonyl (C=O) groups is 1. The zero-order chi connectivity index (χ0) is 20.8. The summed E-state index contributed by atoms with van der Waals surface area (Å²) < 4.78 is 11.0. The lowest BCUT2D eigenvalue weighted by Gasteiger charge is -2.33. The van der Waals surface area contributed by atoms with Gasteiger partial charge in [0.15, 0.2) is 11.5 Å². The molecule has 0 spiro atoms. The highest BCUT2D eigenvalue weighted by Crippen LogP contribution is 2.31. The number of aromatic hydroxyl groups is 1. The molecule has 0 amide bonds. The minimum atomic E-state index is -0.682. The molecule has 0 aromatic heterocycles. The number of carbonyl (C=O) groups excluding carboxylic acids is 1. The average Bonchev–Trinajstić information content (AvgIpc) is 2.61. The average molecular weight is 389 g/mol. The van der Waals surface area contributed by atoms with Crippen LogP contribution in [0.4, 0.5) is 0 Å². The van der Waals surface area contributed by atoms with Gasteiger partial charge in [-0.15, -0.1) is 0 Å². The minimum Gasteiger partial charge on any atom is -0.504 e. The molecule has 0 fully saturated rings. The second-order valence-corrected chi connectivity index (χ2v) is 7.95. The lowest BCUT2D eigenvalue weighted by Crippen LogP contribution is -2.38. The van der Waals surface area contributed by atoms with E-state index in [1.165, 1.54) is 25.3 Å². The minimum absolute atomic E-state index is 0.0346. The molecule has 1 aromatic rings. The molecule has 0 radical (unpaired) electrons. The fourth-order valence-corrected chi connectivity index (χ4v) is 3.74. The van der Waals surface area contributed by atoms with Gasteiger partial charge in [0.2, 0.25) is 0 Å². The Labute approximate surface area is 167 Å². The summed E-state index contributed by atoms with van der Waals surface area (Å²) in [5.74, 6) is -0.410. The Morgan fingerprint density at radius 2 is 1.93 bits per heavy atom. The molecule has 0 saturated heterocycles. The number of benzene rings is 1. The predicted octanol–water partition coefficient (Wildman–Crippen LogP) is 4.64. The van der Waals surface area contributed by atoms with Gasteiger partial charge in [-0.2, -0.15) is 0 Å². The van der Waals surface area contributed by atoms with Gasteiger partial charge >= 0.3 is 5.97 Å². The van der Waals surface area contributed by atoms with Crippen molar-refractivity contribution in [1.29, 1.82) is 0 Å². The number of hydrogen-bond acceptors (Lipinski definition) is 5. The SMILES string of the molecule is COc1cc(C(=O)O[C@H]2C/C(C)=C/CC/C(C)=C/[C@@H](O)C2C(C)C)ccc1O. The molecule has 28 heavy (non-hydrogen) atoms. The molecule has 2 N–H and O–H groups in total. The number of phenolic OH excluding ortho intramolecular Hbond substituents is 1. The first-order valence-corrected chi connectivity index (χ1v) is 9.82. The van der Waals surface area contributed by atoms with Gasteiger partial charge in [-0.25, -0.2) is 4.79 Å². The maximum atomic E-state index is 12.8. The Hall–Kier alpha value is -2.27. The Kier molecular flexibility index (Phi) is 7.69. The molecule has 5 heteroatoms. The Balaban J connectivity index is 2.33. The molecule has 1 aliphatic carbocycles. The van der Waals surface area contributed by atoms with Gasteiger partial charge in [-0.3, -0.25) is 0 Å². The highest BCUT2D eigenvalue weighted by molar-refractivity contribution is 5.90. The summed E-state index contributed by atoms with van der Waals surface area (Å²) in [4.78, 5) is 12.8. The number of hydrogen-bond donors (Lipinski definition) is 2. The van der Waals surface area contributed by atoms with Crippen molar-refractivity contribution in [2.45, 2.75) is 59.2 Å². The first-order chi connectivity index (χ1) is 13.2.